The molecule has 0 aliphatic heterocycles. The zero-order valence-corrected chi connectivity index (χ0v) is 8.85. The molecule has 13 heavy (non-hydrogen) atoms. The number of nitrogens with two attached hydrogens (primary N) is 1. The van der Waals surface area contributed by atoms with E-state index < -0.39 is 0 Å². The van der Waals surface area contributed by atoms with Gasteiger partial charge in [-0.2, -0.15) is 0 Å². The highest BCUT2D eigenvalue weighted by Gasteiger charge is 2.08. The minimum absolute atomic E-state index is 0.00315. The van der Waals surface area contributed by atoms with Crippen LogP contribution in [0.1, 0.15) is 24.1 Å². The Morgan fingerprint density at radius 3 is 2.54 bits per heavy atom. The highest BCUT2D eigenvalue weighted by molar-refractivity contribution is 6.32. The summed E-state index contributed by atoms with van der Waals surface area (Å²) in [5, 5.41) is 0.611. The molecule has 72 valence electrons. The summed E-state index contributed by atoms with van der Waals surface area (Å²) in [5.41, 5.74) is 7.94. The number of hydrogen-bond acceptors (Lipinski definition) is 2. The average Bonchev–Trinajstić information content (AvgIpc) is 2.07. The highest BCUT2D eigenvalue weighted by Crippen LogP contribution is 2.29. The molecule has 0 bridgehead atoms. The molecule has 1 aromatic carbocycles. The van der Waals surface area contributed by atoms with E-state index in [1.807, 2.05) is 26.0 Å². The Balaban J connectivity index is 3.20. The van der Waals surface area contributed by atoms with Gasteiger partial charge in [0.25, 0.3) is 0 Å². The van der Waals surface area contributed by atoms with Crippen molar-refractivity contribution >= 4 is 11.6 Å². The third kappa shape index (κ3) is 2.14. The summed E-state index contributed by atoms with van der Waals surface area (Å²) in [6.07, 6.45) is 0. The molecule has 0 amide bonds. The fraction of sp³-hybridized carbons (Fsp3) is 0.400. The second-order valence-electron chi connectivity index (χ2n) is 3.13. The van der Waals surface area contributed by atoms with Crippen molar-refractivity contribution in [2.45, 2.75) is 19.9 Å². The number of aryl methyl sites for hydroxylation is 1. The Kier molecular flexibility index (Phi) is 3.17. The lowest BCUT2D eigenvalue weighted by Gasteiger charge is -2.12. The molecule has 2 N–H and O–H groups in total. The second-order valence-corrected chi connectivity index (χ2v) is 3.54. The maximum atomic E-state index is 5.97. The van der Waals surface area contributed by atoms with Crippen molar-refractivity contribution in [2.75, 3.05) is 7.11 Å². The van der Waals surface area contributed by atoms with Gasteiger partial charge in [0.2, 0.25) is 0 Å². The standard InChI is InChI=1S/C10H14ClNO/c1-6-4-10(13-3)9(11)5-8(6)7(2)12/h4-5,7H,12H2,1-3H3. The van der Waals surface area contributed by atoms with E-state index in [2.05, 4.69) is 0 Å². The van der Waals surface area contributed by atoms with Crippen LogP contribution in [0.25, 0.3) is 0 Å². The van der Waals surface area contributed by atoms with Crippen LogP contribution in [0.15, 0.2) is 12.1 Å². The monoisotopic (exact) mass is 199 g/mol. The largest absolute Gasteiger partial charge is 0.495 e. The minimum atomic E-state index is 0.00315. The molecule has 0 heterocycles. The van der Waals surface area contributed by atoms with Gasteiger partial charge in [-0.1, -0.05) is 11.6 Å². The van der Waals surface area contributed by atoms with Gasteiger partial charge in [0.1, 0.15) is 5.75 Å². The first-order valence-corrected chi connectivity index (χ1v) is 4.53. The Bertz CT molecular complexity index is 310. The summed E-state index contributed by atoms with van der Waals surface area (Å²) >= 11 is 5.97. The molecule has 0 saturated heterocycles. The van der Waals surface area contributed by atoms with Crippen molar-refractivity contribution in [1.82, 2.24) is 0 Å². The lowest BCUT2D eigenvalue weighted by atomic mass is 10.0. The van der Waals surface area contributed by atoms with Crippen LogP contribution in [0.2, 0.25) is 5.02 Å². The Morgan fingerprint density at radius 1 is 1.46 bits per heavy atom. The van der Waals surface area contributed by atoms with Gasteiger partial charge in [-0.15, -0.1) is 0 Å². The average molecular weight is 200 g/mol. The van der Waals surface area contributed by atoms with Gasteiger partial charge in [0, 0.05) is 6.04 Å². The molecule has 1 unspecified atom stereocenters. The lowest BCUT2D eigenvalue weighted by Crippen LogP contribution is -2.07. The van der Waals surface area contributed by atoms with Gasteiger partial charge in [-0.05, 0) is 37.1 Å². The molecule has 1 aromatic rings. The zero-order valence-electron chi connectivity index (χ0n) is 8.10. The molecule has 1 atom stereocenters. The molecule has 0 aliphatic carbocycles. The van der Waals surface area contributed by atoms with Gasteiger partial charge < -0.3 is 10.5 Å². The van der Waals surface area contributed by atoms with Crippen LogP contribution in [0.5, 0.6) is 5.75 Å². The Morgan fingerprint density at radius 2 is 2.08 bits per heavy atom. The molecule has 0 aromatic heterocycles. The van der Waals surface area contributed by atoms with Crippen LogP contribution < -0.4 is 10.5 Å². The summed E-state index contributed by atoms with van der Waals surface area (Å²) in [7, 11) is 1.60. The Hall–Kier alpha value is -0.730. The molecule has 0 saturated carbocycles. The zero-order chi connectivity index (χ0) is 10.0. The van der Waals surface area contributed by atoms with Crippen LogP contribution in [-0.4, -0.2) is 7.11 Å². The summed E-state index contributed by atoms with van der Waals surface area (Å²) in [5.74, 6) is 0.698. The number of rotatable bonds is 2. The molecule has 0 spiro atoms. The fourth-order valence-corrected chi connectivity index (χ4v) is 1.57. The van der Waals surface area contributed by atoms with E-state index in [0.29, 0.717) is 10.8 Å². The number of ether oxygens (including phenoxy) is 1. The normalized spacial score (nSPS) is 12.7. The van der Waals surface area contributed by atoms with Crippen LogP contribution in [0.4, 0.5) is 0 Å². The van der Waals surface area contributed by atoms with E-state index in [1.54, 1.807) is 7.11 Å². The molecule has 2 nitrogen and oxygen atoms in total. The SMILES string of the molecule is COc1cc(C)c(C(C)N)cc1Cl. The van der Waals surface area contributed by atoms with Crippen molar-refractivity contribution in [3.63, 3.8) is 0 Å². The third-order valence-electron chi connectivity index (χ3n) is 2.03. The predicted molar refractivity (Wildman–Crippen MR) is 55.3 cm³/mol. The van der Waals surface area contributed by atoms with Crippen molar-refractivity contribution in [1.29, 1.82) is 0 Å². The fourth-order valence-electron chi connectivity index (χ4n) is 1.32. The van der Waals surface area contributed by atoms with Crippen LogP contribution in [0.3, 0.4) is 0 Å². The van der Waals surface area contributed by atoms with Gasteiger partial charge in [-0.25, -0.2) is 0 Å². The molecular weight excluding hydrogens is 186 g/mol. The summed E-state index contributed by atoms with van der Waals surface area (Å²) in [4.78, 5) is 0. The highest BCUT2D eigenvalue weighted by atomic mass is 35.5. The maximum absolute atomic E-state index is 5.97. The quantitative estimate of drug-likeness (QED) is 0.795. The van der Waals surface area contributed by atoms with Gasteiger partial charge in [0.15, 0.2) is 0 Å². The van der Waals surface area contributed by atoms with Crippen LogP contribution in [-0.2, 0) is 0 Å². The first-order valence-electron chi connectivity index (χ1n) is 4.16. The summed E-state index contributed by atoms with van der Waals surface area (Å²) in [6, 6.07) is 3.77. The predicted octanol–water partition coefficient (Wildman–Crippen LogP) is 2.68. The van der Waals surface area contributed by atoms with E-state index in [0.717, 1.165) is 11.1 Å². The number of methoxy groups -OCH3 is 1. The van der Waals surface area contributed by atoms with Crippen molar-refractivity contribution in [3.8, 4) is 5.75 Å². The lowest BCUT2D eigenvalue weighted by molar-refractivity contribution is 0.414. The topological polar surface area (TPSA) is 35.2 Å². The molecule has 0 radical (unpaired) electrons. The van der Waals surface area contributed by atoms with Gasteiger partial charge in [-0.3, -0.25) is 0 Å². The van der Waals surface area contributed by atoms with Gasteiger partial charge in [0.05, 0.1) is 12.1 Å². The van der Waals surface area contributed by atoms with E-state index in [1.165, 1.54) is 0 Å². The smallest absolute Gasteiger partial charge is 0.137 e. The van der Waals surface area contributed by atoms with Crippen molar-refractivity contribution in [3.05, 3.63) is 28.3 Å². The van der Waals surface area contributed by atoms with Crippen molar-refractivity contribution in [2.24, 2.45) is 5.73 Å². The number of benzene rings is 1. The molecule has 0 fully saturated rings. The number of hydrogen-bond donors (Lipinski definition) is 1. The molecule has 1 rings (SSSR count). The first-order chi connectivity index (χ1) is 6.06. The molecule has 0 aliphatic rings. The summed E-state index contributed by atoms with van der Waals surface area (Å²) < 4.78 is 5.09. The van der Waals surface area contributed by atoms with Gasteiger partial charge >= 0.3 is 0 Å². The Labute approximate surface area is 83.6 Å². The molecular formula is C10H14ClNO. The molecule has 3 heteroatoms. The van der Waals surface area contributed by atoms with E-state index >= 15 is 0 Å². The van der Waals surface area contributed by atoms with Crippen LogP contribution in [0, 0.1) is 6.92 Å². The number of halogens is 1. The second kappa shape index (κ2) is 3.99. The minimum Gasteiger partial charge on any atom is -0.495 e. The van der Waals surface area contributed by atoms with Crippen LogP contribution >= 0.6 is 11.6 Å². The van der Waals surface area contributed by atoms with E-state index in [4.69, 9.17) is 22.1 Å². The summed E-state index contributed by atoms with van der Waals surface area (Å²) in [6.45, 7) is 3.93. The van der Waals surface area contributed by atoms with Crippen molar-refractivity contribution < 1.29 is 4.74 Å². The van der Waals surface area contributed by atoms with E-state index in [9.17, 15) is 0 Å². The first kappa shape index (κ1) is 10.4. The third-order valence-corrected chi connectivity index (χ3v) is 2.33. The van der Waals surface area contributed by atoms with E-state index in [-0.39, 0.29) is 6.04 Å². The maximum Gasteiger partial charge on any atom is 0.137 e.